The molecule has 1 aromatic carbocycles. The van der Waals surface area contributed by atoms with Gasteiger partial charge in [-0.15, -0.1) is 0 Å². The number of aryl methyl sites for hydroxylation is 1. The Morgan fingerprint density at radius 1 is 1.40 bits per heavy atom. The van der Waals surface area contributed by atoms with E-state index in [0.717, 1.165) is 26.4 Å². The van der Waals surface area contributed by atoms with Gasteiger partial charge in [-0.05, 0) is 42.8 Å². The van der Waals surface area contributed by atoms with Gasteiger partial charge in [-0.2, -0.15) is 0 Å². The number of rotatable bonds is 5. The molecule has 5 heteroatoms. The standard InChI is InChI=1S/C15H17BrN2O2/c1-11-8-12(5-6-14(11)16)17-15(19)10-18(2)9-13-4-3-7-20-13/h3-8H,9-10H2,1-2H3,(H,17,19)/p+1. The zero-order chi connectivity index (χ0) is 14.5. The molecule has 106 valence electrons. The Morgan fingerprint density at radius 3 is 2.85 bits per heavy atom. The lowest BCUT2D eigenvalue weighted by molar-refractivity contribution is -0.886. The molecule has 4 nitrogen and oxygen atoms in total. The molecule has 2 rings (SSSR count). The normalized spacial score (nSPS) is 12.2. The maximum atomic E-state index is 12.0. The summed E-state index contributed by atoms with van der Waals surface area (Å²) in [5.74, 6) is 0.880. The minimum absolute atomic E-state index is 0.00391. The molecule has 0 aliphatic heterocycles. The molecular weight excluding hydrogens is 320 g/mol. The van der Waals surface area contributed by atoms with Crippen LogP contribution in [0.2, 0.25) is 0 Å². The SMILES string of the molecule is Cc1cc(NC(=O)C[NH+](C)Cc2ccco2)ccc1Br. The summed E-state index contributed by atoms with van der Waals surface area (Å²) >= 11 is 3.44. The van der Waals surface area contributed by atoms with Crippen LogP contribution in [0.3, 0.4) is 0 Å². The molecule has 0 spiro atoms. The molecule has 0 aliphatic rings. The monoisotopic (exact) mass is 337 g/mol. The second-order valence-corrected chi connectivity index (χ2v) is 5.76. The van der Waals surface area contributed by atoms with Crippen LogP contribution in [-0.2, 0) is 11.3 Å². The molecule has 2 N–H and O–H groups in total. The van der Waals surface area contributed by atoms with Gasteiger partial charge in [0.2, 0.25) is 0 Å². The molecule has 1 atom stereocenters. The van der Waals surface area contributed by atoms with Gasteiger partial charge in [0.25, 0.3) is 5.91 Å². The number of benzene rings is 1. The quantitative estimate of drug-likeness (QED) is 0.876. The number of amides is 1. The fraction of sp³-hybridized carbons (Fsp3) is 0.267. The summed E-state index contributed by atoms with van der Waals surface area (Å²) in [4.78, 5) is 13.0. The number of halogens is 1. The van der Waals surface area contributed by atoms with E-state index in [0.29, 0.717) is 13.1 Å². The lowest BCUT2D eigenvalue weighted by Crippen LogP contribution is -3.08. The first kappa shape index (κ1) is 14.8. The Bertz CT molecular complexity index is 582. The Morgan fingerprint density at radius 2 is 2.20 bits per heavy atom. The molecule has 1 heterocycles. The lowest BCUT2D eigenvalue weighted by atomic mass is 10.2. The predicted molar refractivity (Wildman–Crippen MR) is 81.7 cm³/mol. The van der Waals surface area contributed by atoms with Crippen LogP contribution in [0.1, 0.15) is 11.3 Å². The van der Waals surface area contributed by atoms with E-state index in [4.69, 9.17) is 4.42 Å². The van der Waals surface area contributed by atoms with Crippen LogP contribution in [0.5, 0.6) is 0 Å². The molecule has 1 amide bonds. The maximum absolute atomic E-state index is 12.0. The van der Waals surface area contributed by atoms with E-state index in [-0.39, 0.29) is 5.91 Å². The second-order valence-electron chi connectivity index (χ2n) is 4.90. The van der Waals surface area contributed by atoms with Crippen molar-refractivity contribution in [3.05, 3.63) is 52.4 Å². The third-order valence-corrected chi connectivity index (χ3v) is 3.85. The van der Waals surface area contributed by atoms with Crippen molar-refractivity contribution in [2.45, 2.75) is 13.5 Å². The van der Waals surface area contributed by atoms with E-state index in [9.17, 15) is 4.79 Å². The molecule has 1 unspecified atom stereocenters. The first-order valence-corrected chi connectivity index (χ1v) is 7.23. The minimum Gasteiger partial charge on any atom is -0.463 e. The van der Waals surface area contributed by atoms with Gasteiger partial charge in [0.1, 0.15) is 6.54 Å². The molecule has 0 bridgehead atoms. The highest BCUT2D eigenvalue weighted by Crippen LogP contribution is 2.19. The van der Waals surface area contributed by atoms with Gasteiger partial charge in [-0.25, -0.2) is 0 Å². The highest BCUT2D eigenvalue weighted by Gasteiger charge is 2.12. The first-order valence-electron chi connectivity index (χ1n) is 6.44. The van der Waals surface area contributed by atoms with Crippen molar-refractivity contribution in [1.82, 2.24) is 0 Å². The third kappa shape index (κ3) is 4.21. The zero-order valence-corrected chi connectivity index (χ0v) is 13.2. The van der Waals surface area contributed by atoms with Crippen molar-refractivity contribution < 1.29 is 14.1 Å². The summed E-state index contributed by atoms with van der Waals surface area (Å²) in [5, 5.41) is 2.91. The molecule has 2 aromatic rings. The molecular formula is C15H18BrN2O2+. The fourth-order valence-corrected chi connectivity index (χ4v) is 2.22. The van der Waals surface area contributed by atoms with Gasteiger partial charge in [0.05, 0.1) is 13.3 Å². The summed E-state index contributed by atoms with van der Waals surface area (Å²) < 4.78 is 6.31. The third-order valence-electron chi connectivity index (χ3n) is 2.96. The number of likely N-dealkylation sites (N-methyl/N-ethyl adjacent to an activating group) is 1. The highest BCUT2D eigenvalue weighted by molar-refractivity contribution is 9.10. The summed E-state index contributed by atoms with van der Waals surface area (Å²) in [6, 6.07) is 9.54. The smallest absolute Gasteiger partial charge is 0.279 e. The van der Waals surface area contributed by atoms with E-state index < -0.39 is 0 Å². The number of anilines is 1. The van der Waals surface area contributed by atoms with E-state index in [2.05, 4.69) is 21.2 Å². The van der Waals surface area contributed by atoms with E-state index >= 15 is 0 Å². The molecule has 0 radical (unpaired) electrons. The van der Waals surface area contributed by atoms with Gasteiger partial charge in [-0.3, -0.25) is 4.79 Å². The number of hydrogen-bond donors (Lipinski definition) is 2. The van der Waals surface area contributed by atoms with Gasteiger partial charge < -0.3 is 14.6 Å². The highest BCUT2D eigenvalue weighted by atomic mass is 79.9. The predicted octanol–water partition coefficient (Wildman–Crippen LogP) is 2.00. The fourth-order valence-electron chi connectivity index (χ4n) is 1.97. The molecule has 0 saturated heterocycles. The molecule has 1 aromatic heterocycles. The summed E-state index contributed by atoms with van der Waals surface area (Å²) in [6.07, 6.45) is 1.65. The largest absolute Gasteiger partial charge is 0.463 e. The Hall–Kier alpha value is -1.59. The van der Waals surface area contributed by atoms with Crippen molar-refractivity contribution in [2.75, 3.05) is 18.9 Å². The van der Waals surface area contributed by atoms with Crippen molar-refractivity contribution in [3.63, 3.8) is 0 Å². The van der Waals surface area contributed by atoms with Crippen molar-refractivity contribution in [2.24, 2.45) is 0 Å². The Kier molecular flexibility index (Phi) is 4.98. The number of quaternary nitrogens is 1. The lowest BCUT2D eigenvalue weighted by Gasteiger charge is -2.12. The van der Waals surface area contributed by atoms with Crippen molar-refractivity contribution >= 4 is 27.5 Å². The second kappa shape index (κ2) is 6.72. The van der Waals surface area contributed by atoms with Crippen LogP contribution in [0.15, 0.2) is 45.5 Å². The number of carbonyl (C=O) groups is 1. The summed E-state index contributed by atoms with van der Waals surface area (Å²) in [7, 11) is 1.97. The molecule has 0 fully saturated rings. The van der Waals surface area contributed by atoms with Gasteiger partial charge in [0.15, 0.2) is 12.3 Å². The van der Waals surface area contributed by atoms with Crippen molar-refractivity contribution in [3.8, 4) is 0 Å². The average Bonchev–Trinajstić information content (AvgIpc) is 2.86. The van der Waals surface area contributed by atoms with Crippen LogP contribution in [0.4, 0.5) is 5.69 Å². The Balaban J connectivity index is 1.87. The summed E-state index contributed by atoms with van der Waals surface area (Å²) in [6.45, 7) is 3.09. The molecule has 0 aliphatic carbocycles. The number of furan rings is 1. The maximum Gasteiger partial charge on any atom is 0.279 e. The first-order chi connectivity index (χ1) is 9.54. The van der Waals surface area contributed by atoms with Gasteiger partial charge in [0, 0.05) is 10.2 Å². The number of nitrogens with one attached hydrogen (secondary N) is 2. The van der Waals surface area contributed by atoms with Crippen LogP contribution >= 0.6 is 15.9 Å². The molecule has 20 heavy (non-hydrogen) atoms. The Labute approximate surface area is 126 Å². The van der Waals surface area contributed by atoms with E-state index in [1.165, 1.54) is 0 Å². The molecule has 0 saturated carbocycles. The topological polar surface area (TPSA) is 46.7 Å². The minimum atomic E-state index is -0.00391. The van der Waals surface area contributed by atoms with Crippen LogP contribution in [0.25, 0.3) is 0 Å². The van der Waals surface area contributed by atoms with Crippen LogP contribution < -0.4 is 10.2 Å². The van der Waals surface area contributed by atoms with E-state index in [1.54, 1.807) is 6.26 Å². The number of carbonyl (C=O) groups excluding carboxylic acids is 1. The van der Waals surface area contributed by atoms with Gasteiger partial charge in [-0.1, -0.05) is 15.9 Å². The van der Waals surface area contributed by atoms with Crippen LogP contribution in [0, 0.1) is 6.92 Å². The van der Waals surface area contributed by atoms with Gasteiger partial charge >= 0.3 is 0 Å². The van der Waals surface area contributed by atoms with Crippen LogP contribution in [-0.4, -0.2) is 19.5 Å². The van der Waals surface area contributed by atoms with E-state index in [1.807, 2.05) is 44.3 Å². The average molecular weight is 338 g/mol. The number of hydrogen-bond acceptors (Lipinski definition) is 2. The summed E-state index contributed by atoms with van der Waals surface area (Å²) in [5.41, 5.74) is 1.92. The van der Waals surface area contributed by atoms with Crippen molar-refractivity contribution in [1.29, 1.82) is 0 Å². The zero-order valence-electron chi connectivity index (χ0n) is 11.6.